The highest BCUT2D eigenvalue weighted by Crippen LogP contribution is 2.32. The van der Waals surface area contributed by atoms with E-state index in [4.69, 9.17) is 10.5 Å². The van der Waals surface area contributed by atoms with E-state index in [2.05, 4.69) is 0 Å². The lowest BCUT2D eigenvalue weighted by Crippen LogP contribution is -2.29. The minimum atomic E-state index is -1.07. The summed E-state index contributed by atoms with van der Waals surface area (Å²) in [5.41, 5.74) is 6.39. The van der Waals surface area contributed by atoms with Crippen LogP contribution in [0.3, 0.4) is 0 Å². The van der Waals surface area contributed by atoms with Gasteiger partial charge >= 0.3 is 5.97 Å². The van der Waals surface area contributed by atoms with Crippen molar-refractivity contribution < 1.29 is 19.4 Å². The summed E-state index contributed by atoms with van der Waals surface area (Å²) < 4.78 is 5.16. The molecule has 1 aromatic carbocycles. The summed E-state index contributed by atoms with van der Waals surface area (Å²) in [6.07, 6.45) is 0.308. The molecule has 0 aliphatic carbocycles. The molecule has 5 nitrogen and oxygen atoms in total. The molecule has 0 spiro atoms. The minimum Gasteiger partial charge on any atom is -0.496 e. The number of benzene rings is 1. The number of carboxylic acids is 1. The van der Waals surface area contributed by atoms with E-state index in [0.29, 0.717) is 23.4 Å². The number of aryl methyl sites for hydroxylation is 1. The summed E-state index contributed by atoms with van der Waals surface area (Å²) in [5.74, 6) is -0.849. The van der Waals surface area contributed by atoms with Gasteiger partial charge in [0.25, 0.3) is 0 Å². The Morgan fingerprint density at radius 1 is 1.40 bits per heavy atom. The maximum atomic E-state index is 12.4. The number of carboxylic acid groups (broad SMARTS) is 1. The van der Waals surface area contributed by atoms with Gasteiger partial charge in [-0.3, -0.25) is 9.59 Å². The fourth-order valence-electron chi connectivity index (χ4n) is 1.89. The minimum absolute atomic E-state index is 0.0709. The SMILES string of the molecule is CC[C@@](C)(CC(=O)c1cc(C)c(N)cc1OC)C(=O)O. The van der Waals surface area contributed by atoms with E-state index in [-0.39, 0.29) is 12.2 Å². The number of hydrogen-bond donors (Lipinski definition) is 2. The van der Waals surface area contributed by atoms with E-state index in [1.807, 2.05) is 0 Å². The number of anilines is 1. The zero-order valence-electron chi connectivity index (χ0n) is 12.3. The second-order valence-electron chi connectivity index (χ2n) is 5.23. The van der Waals surface area contributed by atoms with Gasteiger partial charge in [-0.15, -0.1) is 0 Å². The van der Waals surface area contributed by atoms with Gasteiger partial charge in [0.05, 0.1) is 18.1 Å². The summed E-state index contributed by atoms with van der Waals surface area (Å²) in [6.45, 7) is 5.12. The molecule has 3 N–H and O–H groups in total. The van der Waals surface area contributed by atoms with Crippen LogP contribution in [-0.2, 0) is 4.79 Å². The highest BCUT2D eigenvalue weighted by atomic mass is 16.5. The largest absolute Gasteiger partial charge is 0.496 e. The molecule has 110 valence electrons. The third kappa shape index (κ3) is 3.10. The van der Waals surface area contributed by atoms with Gasteiger partial charge in [-0.2, -0.15) is 0 Å². The van der Waals surface area contributed by atoms with Crippen molar-refractivity contribution in [3.05, 3.63) is 23.3 Å². The molecular weight excluding hydrogens is 258 g/mol. The zero-order chi connectivity index (χ0) is 15.5. The maximum Gasteiger partial charge on any atom is 0.309 e. The van der Waals surface area contributed by atoms with Crippen LogP contribution in [0.25, 0.3) is 0 Å². The Bertz CT molecular complexity index is 539. The Hall–Kier alpha value is -2.04. The number of ketones is 1. The van der Waals surface area contributed by atoms with Crippen molar-refractivity contribution in [1.29, 1.82) is 0 Å². The monoisotopic (exact) mass is 279 g/mol. The average Bonchev–Trinajstić information content (AvgIpc) is 2.40. The number of nitrogen functional groups attached to an aromatic ring is 1. The lowest BCUT2D eigenvalue weighted by Gasteiger charge is -2.22. The van der Waals surface area contributed by atoms with E-state index in [9.17, 15) is 14.7 Å². The van der Waals surface area contributed by atoms with Crippen LogP contribution in [-0.4, -0.2) is 24.0 Å². The van der Waals surface area contributed by atoms with Gasteiger partial charge in [0.1, 0.15) is 5.75 Å². The van der Waals surface area contributed by atoms with Crippen LogP contribution in [0.1, 0.15) is 42.6 Å². The number of nitrogens with two attached hydrogens (primary N) is 1. The van der Waals surface area contributed by atoms with Gasteiger partial charge in [-0.1, -0.05) is 6.92 Å². The van der Waals surface area contributed by atoms with Gasteiger partial charge in [-0.05, 0) is 31.9 Å². The Labute approximate surface area is 118 Å². The molecule has 1 rings (SSSR count). The molecule has 20 heavy (non-hydrogen) atoms. The van der Waals surface area contributed by atoms with Gasteiger partial charge in [-0.25, -0.2) is 0 Å². The number of ether oxygens (including phenoxy) is 1. The molecule has 0 aromatic heterocycles. The Morgan fingerprint density at radius 2 is 2.00 bits per heavy atom. The first-order valence-corrected chi connectivity index (χ1v) is 6.46. The number of rotatable bonds is 6. The van der Waals surface area contributed by atoms with E-state index in [0.717, 1.165) is 5.56 Å². The Kier molecular flexibility index (Phi) is 4.76. The molecular formula is C15H21NO4. The van der Waals surface area contributed by atoms with Crippen molar-refractivity contribution in [2.24, 2.45) is 5.41 Å². The average molecular weight is 279 g/mol. The van der Waals surface area contributed by atoms with Crippen molar-refractivity contribution >= 4 is 17.4 Å². The fourth-order valence-corrected chi connectivity index (χ4v) is 1.89. The number of hydrogen-bond acceptors (Lipinski definition) is 4. The maximum absolute atomic E-state index is 12.4. The number of carbonyl (C=O) groups is 2. The highest BCUT2D eigenvalue weighted by Gasteiger charge is 2.34. The van der Waals surface area contributed by atoms with Crippen molar-refractivity contribution in [3.8, 4) is 5.75 Å². The van der Waals surface area contributed by atoms with Crippen LogP contribution in [0.5, 0.6) is 5.75 Å². The number of Topliss-reactive ketones (excluding diaryl/α,β-unsaturated/α-hetero) is 1. The summed E-state index contributed by atoms with van der Waals surface area (Å²) >= 11 is 0. The topological polar surface area (TPSA) is 89.6 Å². The van der Waals surface area contributed by atoms with Gasteiger partial charge in [0.2, 0.25) is 0 Å². The van der Waals surface area contributed by atoms with Gasteiger partial charge in [0.15, 0.2) is 5.78 Å². The number of carbonyl (C=O) groups excluding carboxylic acids is 1. The number of methoxy groups -OCH3 is 1. The smallest absolute Gasteiger partial charge is 0.309 e. The van der Waals surface area contributed by atoms with Crippen LogP contribution in [0.2, 0.25) is 0 Å². The lowest BCUT2D eigenvalue weighted by atomic mass is 9.81. The molecule has 0 aliphatic rings. The predicted octanol–water partition coefficient (Wildman–Crippen LogP) is 2.66. The summed E-state index contributed by atoms with van der Waals surface area (Å²) in [5, 5.41) is 9.25. The molecule has 0 heterocycles. The molecule has 0 amide bonds. The fraction of sp³-hybridized carbons (Fsp3) is 0.467. The van der Waals surface area contributed by atoms with Crippen LogP contribution in [0.4, 0.5) is 5.69 Å². The van der Waals surface area contributed by atoms with Crippen molar-refractivity contribution in [3.63, 3.8) is 0 Å². The standard InChI is InChI=1S/C15H21NO4/c1-5-15(3,14(18)19)8-12(17)10-6-9(2)11(16)7-13(10)20-4/h6-7H,5,8,16H2,1-4H3,(H,18,19)/t15-/m0/s1. The molecule has 0 bridgehead atoms. The molecule has 1 aromatic rings. The molecule has 0 fully saturated rings. The van der Waals surface area contributed by atoms with Crippen LogP contribution in [0.15, 0.2) is 12.1 Å². The second-order valence-corrected chi connectivity index (χ2v) is 5.23. The summed E-state index contributed by atoms with van der Waals surface area (Å²) in [4.78, 5) is 23.7. The van der Waals surface area contributed by atoms with Crippen LogP contribution < -0.4 is 10.5 Å². The van der Waals surface area contributed by atoms with Crippen LogP contribution >= 0.6 is 0 Å². The predicted molar refractivity (Wildman–Crippen MR) is 77.1 cm³/mol. The first-order chi connectivity index (χ1) is 9.25. The van der Waals surface area contributed by atoms with E-state index in [1.54, 1.807) is 32.9 Å². The second kappa shape index (κ2) is 5.94. The van der Waals surface area contributed by atoms with Crippen LogP contribution in [0, 0.1) is 12.3 Å². The Balaban J connectivity index is 3.15. The highest BCUT2D eigenvalue weighted by molar-refractivity contribution is 6.01. The van der Waals surface area contributed by atoms with Crippen molar-refractivity contribution in [2.45, 2.75) is 33.6 Å². The third-order valence-corrected chi connectivity index (χ3v) is 3.74. The van der Waals surface area contributed by atoms with Crippen molar-refractivity contribution in [2.75, 3.05) is 12.8 Å². The van der Waals surface area contributed by atoms with Gasteiger partial charge in [0, 0.05) is 18.2 Å². The van der Waals surface area contributed by atoms with E-state index in [1.165, 1.54) is 7.11 Å². The quantitative estimate of drug-likeness (QED) is 0.617. The van der Waals surface area contributed by atoms with Gasteiger partial charge < -0.3 is 15.6 Å². The first-order valence-electron chi connectivity index (χ1n) is 6.46. The molecule has 0 saturated heterocycles. The lowest BCUT2D eigenvalue weighted by molar-refractivity contribution is -0.148. The normalized spacial score (nSPS) is 13.6. The molecule has 1 atom stereocenters. The summed E-state index contributed by atoms with van der Waals surface area (Å²) in [6, 6.07) is 3.24. The molecule has 5 heteroatoms. The molecule has 0 radical (unpaired) electrons. The molecule has 0 aliphatic heterocycles. The van der Waals surface area contributed by atoms with E-state index < -0.39 is 11.4 Å². The molecule has 0 unspecified atom stereocenters. The Morgan fingerprint density at radius 3 is 2.45 bits per heavy atom. The van der Waals surface area contributed by atoms with Crippen molar-refractivity contribution in [1.82, 2.24) is 0 Å². The molecule has 0 saturated carbocycles. The van der Waals surface area contributed by atoms with E-state index >= 15 is 0 Å². The summed E-state index contributed by atoms with van der Waals surface area (Å²) in [7, 11) is 1.46. The first kappa shape index (κ1) is 16.0. The zero-order valence-corrected chi connectivity index (χ0v) is 12.3. The number of aliphatic carboxylic acids is 1. The third-order valence-electron chi connectivity index (χ3n) is 3.74.